The lowest BCUT2D eigenvalue weighted by Crippen LogP contribution is -2.33. The zero-order chi connectivity index (χ0) is 16.9. The molecule has 2 unspecified atom stereocenters. The molecule has 0 aliphatic carbocycles. The van der Waals surface area contributed by atoms with E-state index < -0.39 is 0 Å². The van der Waals surface area contributed by atoms with Crippen molar-refractivity contribution in [3.8, 4) is 0 Å². The van der Waals surface area contributed by atoms with Crippen molar-refractivity contribution in [2.75, 3.05) is 39.3 Å². The van der Waals surface area contributed by atoms with Gasteiger partial charge in [-0.05, 0) is 50.3 Å². The Labute approximate surface area is 157 Å². The number of amides is 1. The molecular formula is C18H32ClN5O. The Hall–Kier alpha value is -1.11. The van der Waals surface area contributed by atoms with Crippen LogP contribution in [-0.2, 0) is 0 Å². The minimum absolute atomic E-state index is 0. The van der Waals surface area contributed by atoms with Gasteiger partial charge in [-0.15, -0.1) is 12.4 Å². The normalized spacial score (nSPS) is 24.3. The molecular weight excluding hydrogens is 338 g/mol. The molecule has 6 nitrogen and oxygen atoms in total. The zero-order valence-electron chi connectivity index (χ0n) is 15.4. The first-order chi connectivity index (χ1) is 11.6. The van der Waals surface area contributed by atoms with Crippen LogP contribution in [-0.4, -0.2) is 59.9 Å². The molecule has 2 fully saturated rings. The molecule has 0 aromatic carbocycles. The number of hydrogen-bond acceptors (Lipinski definition) is 4. The molecule has 2 saturated heterocycles. The van der Waals surface area contributed by atoms with Crippen molar-refractivity contribution in [2.24, 2.45) is 11.8 Å². The molecule has 2 aliphatic heterocycles. The second kappa shape index (κ2) is 9.55. The van der Waals surface area contributed by atoms with Gasteiger partial charge in [-0.3, -0.25) is 9.48 Å². The fourth-order valence-electron chi connectivity index (χ4n) is 3.81. The van der Waals surface area contributed by atoms with Crippen molar-refractivity contribution >= 4 is 18.3 Å². The third-order valence-electron chi connectivity index (χ3n) is 5.03. The Morgan fingerprint density at radius 1 is 1.44 bits per heavy atom. The van der Waals surface area contributed by atoms with Gasteiger partial charge < -0.3 is 15.5 Å². The van der Waals surface area contributed by atoms with Gasteiger partial charge in [-0.2, -0.15) is 5.10 Å². The van der Waals surface area contributed by atoms with E-state index in [4.69, 9.17) is 0 Å². The summed E-state index contributed by atoms with van der Waals surface area (Å²) in [4.78, 5) is 14.8. The van der Waals surface area contributed by atoms with Crippen LogP contribution >= 0.6 is 12.4 Å². The van der Waals surface area contributed by atoms with E-state index in [2.05, 4.69) is 34.5 Å². The van der Waals surface area contributed by atoms with Gasteiger partial charge in [0.1, 0.15) is 5.69 Å². The molecule has 7 heteroatoms. The number of hydrogen-bond donors (Lipinski definition) is 2. The van der Waals surface area contributed by atoms with Crippen LogP contribution in [0.25, 0.3) is 0 Å². The summed E-state index contributed by atoms with van der Waals surface area (Å²) in [6, 6.07) is 2.21. The number of aromatic nitrogens is 2. The average molecular weight is 370 g/mol. The third kappa shape index (κ3) is 5.69. The zero-order valence-corrected chi connectivity index (χ0v) is 16.2. The molecule has 3 rings (SSSR count). The minimum atomic E-state index is -0.0418. The lowest BCUT2D eigenvalue weighted by molar-refractivity contribution is 0.0941. The Morgan fingerprint density at radius 3 is 3.00 bits per heavy atom. The highest BCUT2D eigenvalue weighted by molar-refractivity contribution is 5.92. The van der Waals surface area contributed by atoms with Gasteiger partial charge in [0.2, 0.25) is 0 Å². The number of nitrogens with one attached hydrogen (secondary N) is 2. The quantitative estimate of drug-likeness (QED) is 0.804. The minimum Gasteiger partial charge on any atom is -0.350 e. The van der Waals surface area contributed by atoms with E-state index in [-0.39, 0.29) is 18.3 Å². The lowest BCUT2D eigenvalue weighted by Gasteiger charge is -2.22. The van der Waals surface area contributed by atoms with Crippen LogP contribution in [0.15, 0.2) is 12.3 Å². The summed E-state index contributed by atoms with van der Waals surface area (Å²) in [5.74, 6) is 1.23. The summed E-state index contributed by atoms with van der Waals surface area (Å²) < 4.78 is 1.95. The monoisotopic (exact) mass is 369 g/mol. The first-order valence-corrected chi connectivity index (χ1v) is 9.38. The summed E-state index contributed by atoms with van der Waals surface area (Å²) in [5, 5.41) is 10.9. The largest absolute Gasteiger partial charge is 0.350 e. The average Bonchev–Trinajstić information content (AvgIpc) is 3.22. The van der Waals surface area contributed by atoms with Crippen molar-refractivity contribution in [1.82, 2.24) is 25.3 Å². The number of piperidine rings is 1. The molecule has 2 N–H and O–H groups in total. The van der Waals surface area contributed by atoms with Crippen molar-refractivity contribution in [1.29, 1.82) is 0 Å². The Morgan fingerprint density at radius 2 is 2.28 bits per heavy atom. The van der Waals surface area contributed by atoms with Crippen LogP contribution < -0.4 is 10.6 Å². The summed E-state index contributed by atoms with van der Waals surface area (Å²) >= 11 is 0. The summed E-state index contributed by atoms with van der Waals surface area (Å²) in [6.07, 6.45) is 5.41. The van der Waals surface area contributed by atoms with Crippen LogP contribution in [0.2, 0.25) is 0 Å². The Kier molecular flexibility index (Phi) is 7.72. The molecule has 0 radical (unpaired) electrons. The van der Waals surface area contributed by atoms with Crippen LogP contribution in [0.4, 0.5) is 0 Å². The number of likely N-dealkylation sites (tertiary alicyclic amines) is 1. The topological polar surface area (TPSA) is 62.2 Å². The predicted molar refractivity (Wildman–Crippen MR) is 102 cm³/mol. The molecule has 1 amide bonds. The van der Waals surface area contributed by atoms with E-state index in [9.17, 15) is 4.79 Å². The fourth-order valence-corrected chi connectivity index (χ4v) is 3.81. The standard InChI is InChI=1S/C18H31N5O.ClH/c1-14(2)12-22-8-5-15(13-22)10-20-18(24)17-6-9-23(21-17)16-4-3-7-19-11-16;/h6,9,14-16,19H,3-5,7-8,10-13H2,1-2H3,(H,20,24);1H. The molecule has 0 saturated carbocycles. The van der Waals surface area contributed by atoms with E-state index >= 15 is 0 Å². The second-order valence-electron chi connectivity index (χ2n) is 7.70. The van der Waals surface area contributed by atoms with Gasteiger partial charge in [0.25, 0.3) is 5.91 Å². The van der Waals surface area contributed by atoms with Crippen molar-refractivity contribution in [2.45, 2.75) is 39.2 Å². The maximum atomic E-state index is 12.3. The number of halogens is 1. The van der Waals surface area contributed by atoms with Crippen LogP contribution in [0.5, 0.6) is 0 Å². The molecule has 0 bridgehead atoms. The van der Waals surface area contributed by atoms with Crippen LogP contribution in [0.1, 0.15) is 49.6 Å². The fraction of sp³-hybridized carbons (Fsp3) is 0.778. The summed E-state index contributed by atoms with van der Waals surface area (Å²) in [7, 11) is 0. The van der Waals surface area contributed by atoms with E-state index in [1.807, 2.05) is 16.9 Å². The number of nitrogens with zero attached hydrogens (tertiary/aromatic N) is 3. The summed E-state index contributed by atoms with van der Waals surface area (Å²) in [6.45, 7) is 10.7. The van der Waals surface area contributed by atoms with Crippen LogP contribution in [0.3, 0.4) is 0 Å². The van der Waals surface area contributed by atoms with Crippen molar-refractivity contribution < 1.29 is 4.79 Å². The first-order valence-electron chi connectivity index (χ1n) is 9.38. The molecule has 25 heavy (non-hydrogen) atoms. The molecule has 142 valence electrons. The molecule has 2 atom stereocenters. The number of rotatable bonds is 6. The summed E-state index contributed by atoms with van der Waals surface area (Å²) in [5.41, 5.74) is 0.539. The lowest BCUT2D eigenvalue weighted by atomic mass is 10.1. The molecule has 0 spiro atoms. The Bertz CT molecular complexity index is 541. The van der Waals surface area contributed by atoms with Gasteiger partial charge in [-0.25, -0.2) is 0 Å². The molecule has 2 aliphatic rings. The molecule has 1 aromatic rings. The number of carbonyl (C=O) groups excluding carboxylic acids is 1. The maximum Gasteiger partial charge on any atom is 0.271 e. The maximum absolute atomic E-state index is 12.3. The van der Waals surface area contributed by atoms with Gasteiger partial charge in [0.15, 0.2) is 0 Å². The first kappa shape index (κ1) is 20.2. The van der Waals surface area contributed by atoms with E-state index in [1.165, 1.54) is 12.8 Å². The Balaban J connectivity index is 0.00000225. The van der Waals surface area contributed by atoms with Crippen LogP contribution in [0, 0.1) is 11.8 Å². The smallest absolute Gasteiger partial charge is 0.271 e. The highest BCUT2D eigenvalue weighted by atomic mass is 35.5. The second-order valence-corrected chi connectivity index (χ2v) is 7.70. The highest BCUT2D eigenvalue weighted by Crippen LogP contribution is 2.17. The van der Waals surface area contributed by atoms with Crippen molar-refractivity contribution in [3.05, 3.63) is 18.0 Å². The van der Waals surface area contributed by atoms with Gasteiger partial charge in [0, 0.05) is 32.4 Å². The van der Waals surface area contributed by atoms with Gasteiger partial charge in [-0.1, -0.05) is 13.8 Å². The van der Waals surface area contributed by atoms with E-state index in [1.54, 1.807) is 0 Å². The highest BCUT2D eigenvalue weighted by Gasteiger charge is 2.24. The van der Waals surface area contributed by atoms with Gasteiger partial charge >= 0.3 is 0 Å². The predicted octanol–water partition coefficient (Wildman–Crippen LogP) is 1.94. The van der Waals surface area contributed by atoms with E-state index in [0.29, 0.717) is 23.6 Å². The molecule has 3 heterocycles. The SMILES string of the molecule is CC(C)CN1CCC(CNC(=O)c2ccn(C3CCCNC3)n2)C1.Cl. The van der Waals surface area contributed by atoms with Gasteiger partial charge in [0.05, 0.1) is 6.04 Å². The van der Waals surface area contributed by atoms with E-state index in [0.717, 1.165) is 45.7 Å². The third-order valence-corrected chi connectivity index (χ3v) is 5.03. The van der Waals surface area contributed by atoms with Crippen molar-refractivity contribution in [3.63, 3.8) is 0 Å². The number of carbonyl (C=O) groups is 1. The molecule has 1 aromatic heterocycles.